The monoisotopic (exact) mass is 398 g/mol. The van der Waals surface area contributed by atoms with E-state index in [0.717, 1.165) is 28.2 Å². The van der Waals surface area contributed by atoms with Gasteiger partial charge in [0.05, 0.1) is 16.3 Å². The van der Waals surface area contributed by atoms with Gasteiger partial charge in [-0.25, -0.2) is 17.8 Å². The van der Waals surface area contributed by atoms with E-state index >= 15 is 0 Å². The van der Waals surface area contributed by atoms with Crippen molar-refractivity contribution in [3.63, 3.8) is 0 Å². The minimum atomic E-state index is -3.48. The molecule has 0 fully saturated rings. The Morgan fingerprint density at radius 2 is 1.61 bits per heavy atom. The maximum Gasteiger partial charge on any atom is 0.240 e. The summed E-state index contributed by atoms with van der Waals surface area (Å²) in [6.45, 7) is 7.45. The van der Waals surface area contributed by atoms with Crippen molar-refractivity contribution in [2.45, 2.75) is 32.2 Å². The molecule has 0 spiro atoms. The third-order valence-corrected chi connectivity index (χ3v) is 6.15. The van der Waals surface area contributed by atoms with Crippen LogP contribution in [-0.2, 0) is 16.6 Å². The lowest BCUT2D eigenvalue weighted by molar-refractivity contribution is 0.575. The molecule has 0 aliphatic rings. The largest absolute Gasteiger partial charge is 0.311 e. The quantitative estimate of drug-likeness (QED) is 0.572. The molecule has 3 rings (SSSR count). The van der Waals surface area contributed by atoms with Gasteiger partial charge in [-0.2, -0.15) is 5.10 Å². The van der Waals surface area contributed by atoms with E-state index in [1.54, 1.807) is 24.3 Å². The lowest BCUT2D eigenvalue weighted by Gasteiger charge is -2.09. The Labute approximate surface area is 166 Å². The summed E-state index contributed by atoms with van der Waals surface area (Å²) in [6.07, 6.45) is 0. The summed E-state index contributed by atoms with van der Waals surface area (Å²) in [4.78, 5) is 0.286. The fourth-order valence-electron chi connectivity index (χ4n) is 3.04. The van der Waals surface area contributed by atoms with E-state index in [4.69, 9.17) is 0 Å². The molecule has 6 nitrogen and oxygen atoms in total. The topological polar surface area (TPSA) is 76.0 Å². The maximum atomic E-state index is 12.3. The van der Waals surface area contributed by atoms with Gasteiger partial charge in [-0.1, -0.05) is 35.9 Å². The van der Waals surface area contributed by atoms with Gasteiger partial charge < -0.3 is 5.32 Å². The Bertz CT molecular complexity index is 1030. The number of benzene rings is 2. The van der Waals surface area contributed by atoms with Crippen LogP contribution in [0, 0.1) is 20.8 Å². The standard InChI is InChI=1S/C21H26N4O2S/c1-16-9-11-20(12-10-16)28(26,27)23-14-13-22-15-21-17(2)24-25(18(21)3)19-7-5-4-6-8-19/h4-12,22-23H,13-15H2,1-3H3. The predicted molar refractivity (Wildman–Crippen MR) is 111 cm³/mol. The number of aromatic nitrogens is 2. The first kappa shape index (κ1) is 20.3. The number of hydrogen-bond donors (Lipinski definition) is 2. The molecule has 0 radical (unpaired) electrons. The molecular formula is C21H26N4O2S. The Balaban J connectivity index is 1.55. The minimum absolute atomic E-state index is 0.286. The van der Waals surface area contributed by atoms with E-state index < -0.39 is 10.0 Å². The molecule has 1 heterocycles. The zero-order valence-electron chi connectivity index (χ0n) is 16.4. The van der Waals surface area contributed by atoms with Crippen LogP contribution in [0.15, 0.2) is 59.5 Å². The highest BCUT2D eigenvalue weighted by atomic mass is 32.2. The zero-order chi connectivity index (χ0) is 20.1. The third-order valence-electron chi connectivity index (χ3n) is 4.67. The SMILES string of the molecule is Cc1ccc(S(=O)(=O)NCCNCc2c(C)nn(-c3ccccc3)c2C)cc1. The first-order valence-corrected chi connectivity index (χ1v) is 10.7. The van der Waals surface area contributed by atoms with Crippen LogP contribution in [0.1, 0.15) is 22.5 Å². The molecule has 0 atom stereocenters. The van der Waals surface area contributed by atoms with Crippen molar-refractivity contribution in [1.29, 1.82) is 0 Å². The highest BCUT2D eigenvalue weighted by Gasteiger charge is 2.14. The summed E-state index contributed by atoms with van der Waals surface area (Å²) >= 11 is 0. The second kappa shape index (κ2) is 8.68. The smallest absolute Gasteiger partial charge is 0.240 e. The van der Waals surface area contributed by atoms with Crippen LogP contribution in [-0.4, -0.2) is 31.3 Å². The molecule has 0 aliphatic carbocycles. The molecule has 7 heteroatoms. The Kier molecular flexibility index (Phi) is 6.28. The number of nitrogens with one attached hydrogen (secondary N) is 2. The highest BCUT2D eigenvalue weighted by Crippen LogP contribution is 2.17. The minimum Gasteiger partial charge on any atom is -0.311 e. The molecule has 0 bridgehead atoms. The Morgan fingerprint density at radius 1 is 0.929 bits per heavy atom. The van der Waals surface area contributed by atoms with Crippen LogP contribution in [0.25, 0.3) is 5.69 Å². The van der Waals surface area contributed by atoms with Gasteiger partial charge in [0, 0.05) is 30.9 Å². The van der Waals surface area contributed by atoms with Crippen molar-refractivity contribution in [1.82, 2.24) is 19.8 Å². The van der Waals surface area contributed by atoms with Gasteiger partial charge >= 0.3 is 0 Å². The zero-order valence-corrected chi connectivity index (χ0v) is 17.3. The number of sulfonamides is 1. The predicted octanol–water partition coefficient (Wildman–Crippen LogP) is 2.87. The molecule has 1 aromatic heterocycles. The van der Waals surface area contributed by atoms with Crippen molar-refractivity contribution < 1.29 is 8.42 Å². The first-order valence-electron chi connectivity index (χ1n) is 9.26. The third kappa shape index (κ3) is 4.67. The molecule has 2 aromatic carbocycles. The van der Waals surface area contributed by atoms with E-state index in [-0.39, 0.29) is 4.90 Å². The van der Waals surface area contributed by atoms with E-state index in [1.807, 2.05) is 55.8 Å². The van der Waals surface area contributed by atoms with Crippen LogP contribution < -0.4 is 10.0 Å². The van der Waals surface area contributed by atoms with Crippen LogP contribution in [0.2, 0.25) is 0 Å². The highest BCUT2D eigenvalue weighted by molar-refractivity contribution is 7.89. The van der Waals surface area contributed by atoms with Gasteiger partial charge in [0.15, 0.2) is 0 Å². The molecule has 3 aromatic rings. The lowest BCUT2D eigenvalue weighted by atomic mass is 10.2. The fraction of sp³-hybridized carbons (Fsp3) is 0.286. The number of nitrogens with zero attached hydrogens (tertiary/aromatic N) is 2. The Hall–Kier alpha value is -2.48. The van der Waals surface area contributed by atoms with Gasteiger partial charge in [0.25, 0.3) is 0 Å². The summed E-state index contributed by atoms with van der Waals surface area (Å²) in [7, 11) is -3.48. The summed E-state index contributed by atoms with van der Waals surface area (Å²) < 4.78 is 29.2. The van der Waals surface area contributed by atoms with Crippen molar-refractivity contribution >= 4 is 10.0 Å². The number of aryl methyl sites for hydroxylation is 2. The average molecular weight is 399 g/mol. The summed E-state index contributed by atoms with van der Waals surface area (Å²) in [5.74, 6) is 0. The van der Waals surface area contributed by atoms with Crippen LogP contribution in [0.5, 0.6) is 0 Å². The van der Waals surface area contributed by atoms with E-state index in [0.29, 0.717) is 19.6 Å². The molecule has 0 amide bonds. The average Bonchev–Trinajstić information content (AvgIpc) is 2.97. The van der Waals surface area contributed by atoms with E-state index in [9.17, 15) is 8.42 Å². The summed E-state index contributed by atoms with van der Waals surface area (Å²) in [5, 5.41) is 7.93. The van der Waals surface area contributed by atoms with Gasteiger partial charge in [-0.05, 0) is 45.0 Å². The lowest BCUT2D eigenvalue weighted by Crippen LogP contribution is -2.31. The normalized spacial score (nSPS) is 11.7. The molecule has 0 saturated heterocycles. The second-order valence-electron chi connectivity index (χ2n) is 6.78. The second-order valence-corrected chi connectivity index (χ2v) is 8.55. The molecule has 0 unspecified atom stereocenters. The van der Waals surface area contributed by atoms with Gasteiger partial charge in [0.2, 0.25) is 10.0 Å². The van der Waals surface area contributed by atoms with Crippen LogP contribution in [0.4, 0.5) is 0 Å². The first-order chi connectivity index (χ1) is 13.4. The van der Waals surface area contributed by atoms with Crippen molar-refractivity contribution in [3.8, 4) is 5.69 Å². The molecule has 28 heavy (non-hydrogen) atoms. The maximum absolute atomic E-state index is 12.3. The molecule has 148 valence electrons. The van der Waals surface area contributed by atoms with Crippen molar-refractivity contribution in [3.05, 3.63) is 77.1 Å². The van der Waals surface area contributed by atoms with Gasteiger partial charge in [0.1, 0.15) is 0 Å². The van der Waals surface area contributed by atoms with Gasteiger partial charge in [-0.3, -0.25) is 0 Å². The Morgan fingerprint density at radius 3 is 2.29 bits per heavy atom. The molecule has 2 N–H and O–H groups in total. The molecular weight excluding hydrogens is 372 g/mol. The van der Waals surface area contributed by atoms with Crippen LogP contribution in [0.3, 0.4) is 0 Å². The van der Waals surface area contributed by atoms with Crippen molar-refractivity contribution in [2.24, 2.45) is 0 Å². The number of hydrogen-bond acceptors (Lipinski definition) is 4. The van der Waals surface area contributed by atoms with Gasteiger partial charge in [-0.15, -0.1) is 0 Å². The molecule has 0 aliphatic heterocycles. The van der Waals surface area contributed by atoms with Crippen molar-refractivity contribution in [2.75, 3.05) is 13.1 Å². The number of para-hydroxylation sites is 1. The van der Waals surface area contributed by atoms with E-state index in [1.165, 1.54) is 0 Å². The summed E-state index contributed by atoms with van der Waals surface area (Å²) in [6, 6.07) is 16.8. The fourth-order valence-corrected chi connectivity index (χ4v) is 4.07. The number of rotatable bonds is 8. The van der Waals surface area contributed by atoms with Crippen LogP contribution >= 0.6 is 0 Å². The molecule has 0 saturated carbocycles. The summed E-state index contributed by atoms with van der Waals surface area (Å²) in [5.41, 5.74) is 5.23. The van der Waals surface area contributed by atoms with E-state index in [2.05, 4.69) is 15.1 Å².